The minimum Gasteiger partial charge on any atom is -0.493 e. The molecule has 0 saturated carbocycles. The number of halogens is 1. The molecule has 142 valence electrons. The summed E-state index contributed by atoms with van der Waals surface area (Å²) in [6.07, 6.45) is 1.45. The van der Waals surface area contributed by atoms with Gasteiger partial charge in [0.15, 0.2) is 23.0 Å². The van der Waals surface area contributed by atoms with Gasteiger partial charge < -0.3 is 23.7 Å². The van der Waals surface area contributed by atoms with E-state index in [1.165, 1.54) is 39.7 Å². The molecular formula is C18H17ClN2O6. The standard InChI is InChI=1S/C18H17ClN2O6/c1-23-13-6-11(7-14(24-2)17(13)25-3)18(22)21-20-8-10-4-12(19)16-15(5-10)26-9-27-16/h4-8H,9H2,1-3H3,(H,21,22)/b20-8-. The Kier molecular flexibility index (Phi) is 5.56. The molecule has 1 heterocycles. The van der Waals surface area contributed by atoms with Crippen molar-refractivity contribution in [1.82, 2.24) is 5.43 Å². The number of hydrazone groups is 1. The van der Waals surface area contributed by atoms with Crippen molar-refractivity contribution >= 4 is 23.7 Å². The molecule has 0 radical (unpaired) electrons. The summed E-state index contributed by atoms with van der Waals surface area (Å²) in [7, 11) is 4.43. The van der Waals surface area contributed by atoms with Crippen LogP contribution in [-0.4, -0.2) is 40.2 Å². The number of ether oxygens (including phenoxy) is 5. The summed E-state index contributed by atoms with van der Waals surface area (Å²) in [4.78, 5) is 12.4. The molecule has 1 aliphatic heterocycles. The van der Waals surface area contributed by atoms with E-state index in [9.17, 15) is 4.79 Å². The van der Waals surface area contributed by atoms with Gasteiger partial charge in [0.2, 0.25) is 12.5 Å². The molecule has 0 atom stereocenters. The number of fused-ring (bicyclic) bond motifs is 1. The maximum absolute atomic E-state index is 12.4. The first-order valence-electron chi connectivity index (χ1n) is 7.80. The molecule has 0 bridgehead atoms. The smallest absolute Gasteiger partial charge is 0.271 e. The van der Waals surface area contributed by atoms with Crippen LogP contribution in [0.25, 0.3) is 0 Å². The van der Waals surface area contributed by atoms with Gasteiger partial charge in [0.25, 0.3) is 5.91 Å². The first kappa shape index (κ1) is 18.7. The van der Waals surface area contributed by atoms with Gasteiger partial charge in [-0.3, -0.25) is 4.79 Å². The van der Waals surface area contributed by atoms with E-state index >= 15 is 0 Å². The number of methoxy groups -OCH3 is 3. The van der Waals surface area contributed by atoms with Gasteiger partial charge in [-0.15, -0.1) is 0 Å². The number of nitrogens with zero attached hydrogens (tertiary/aromatic N) is 1. The molecule has 27 heavy (non-hydrogen) atoms. The fourth-order valence-corrected chi connectivity index (χ4v) is 2.78. The van der Waals surface area contributed by atoms with Crippen LogP contribution in [0.4, 0.5) is 0 Å². The van der Waals surface area contributed by atoms with Crippen LogP contribution in [0, 0.1) is 0 Å². The monoisotopic (exact) mass is 392 g/mol. The Morgan fingerprint density at radius 1 is 1.11 bits per heavy atom. The third-order valence-electron chi connectivity index (χ3n) is 3.76. The molecule has 8 nitrogen and oxygen atoms in total. The van der Waals surface area contributed by atoms with Gasteiger partial charge >= 0.3 is 0 Å². The van der Waals surface area contributed by atoms with Crippen LogP contribution in [0.1, 0.15) is 15.9 Å². The van der Waals surface area contributed by atoms with E-state index in [1.54, 1.807) is 12.1 Å². The Hall–Kier alpha value is -3.13. The van der Waals surface area contributed by atoms with Crippen molar-refractivity contribution in [2.45, 2.75) is 0 Å². The predicted octanol–water partition coefficient (Wildman–Crippen LogP) is 2.86. The van der Waals surface area contributed by atoms with Crippen molar-refractivity contribution in [2.24, 2.45) is 5.10 Å². The van der Waals surface area contributed by atoms with Gasteiger partial charge in [-0.05, 0) is 29.8 Å². The van der Waals surface area contributed by atoms with E-state index in [1.807, 2.05) is 0 Å². The molecule has 3 rings (SSSR count). The molecule has 0 unspecified atom stereocenters. The molecule has 2 aromatic carbocycles. The van der Waals surface area contributed by atoms with Crippen LogP contribution in [0.2, 0.25) is 5.02 Å². The summed E-state index contributed by atoms with van der Waals surface area (Å²) < 4.78 is 26.2. The van der Waals surface area contributed by atoms with Crippen LogP contribution >= 0.6 is 11.6 Å². The zero-order valence-corrected chi connectivity index (χ0v) is 15.6. The average molecular weight is 393 g/mol. The van der Waals surface area contributed by atoms with Crippen LogP contribution < -0.4 is 29.1 Å². The highest BCUT2D eigenvalue weighted by molar-refractivity contribution is 6.32. The molecule has 1 aliphatic rings. The lowest BCUT2D eigenvalue weighted by molar-refractivity contribution is 0.0954. The van der Waals surface area contributed by atoms with Crippen LogP contribution in [-0.2, 0) is 0 Å². The minimum atomic E-state index is -0.447. The Balaban J connectivity index is 1.76. The predicted molar refractivity (Wildman–Crippen MR) is 98.7 cm³/mol. The third kappa shape index (κ3) is 3.85. The molecule has 1 N–H and O–H groups in total. The van der Waals surface area contributed by atoms with Crippen molar-refractivity contribution in [2.75, 3.05) is 28.1 Å². The first-order chi connectivity index (χ1) is 13.1. The fourth-order valence-electron chi connectivity index (χ4n) is 2.50. The van der Waals surface area contributed by atoms with E-state index in [4.69, 9.17) is 35.3 Å². The molecule has 2 aromatic rings. The third-order valence-corrected chi connectivity index (χ3v) is 4.04. The number of hydrogen-bond donors (Lipinski definition) is 1. The van der Waals surface area contributed by atoms with E-state index in [0.717, 1.165) is 0 Å². The van der Waals surface area contributed by atoms with E-state index < -0.39 is 5.91 Å². The van der Waals surface area contributed by atoms with Crippen molar-refractivity contribution in [1.29, 1.82) is 0 Å². The number of rotatable bonds is 6. The number of hydrogen-bond acceptors (Lipinski definition) is 7. The normalized spacial score (nSPS) is 12.1. The van der Waals surface area contributed by atoms with Crippen LogP contribution in [0.5, 0.6) is 28.7 Å². The van der Waals surface area contributed by atoms with E-state index in [0.29, 0.717) is 44.9 Å². The SMILES string of the molecule is COc1cc(C(=O)N/N=C\c2cc(Cl)c3c(c2)OCO3)cc(OC)c1OC. The summed E-state index contributed by atoms with van der Waals surface area (Å²) in [5, 5.41) is 4.35. The maximum atomic E-state index is 12.4. The molecular weight excluding hydrogens is 376 g/mol. The Morgan fingerprint density at radius 3 is 2.44 bits per heavy atom. The van der Waals surface area contributed by atoms with Gasteiger partial charge in [-0.25, -0.2) is 5.43 Å². The molecule has 0 fully saturated rings. The Bertz CT molecular complexity index is 875. The lowest BCUT2D eigenvalue weighted by Crippen LogP contribution is -2.18. The second-order valence-corrected chi connectivity index (χ2v) is 5.76. The molecule has 1 amide bonds. The lowest BCUT2D eigenvalue weighted by atomic mass is 10.1. The highest BCUT2D eigenvalue weighted by atomic mass is 35.5. The fraction of sp³-hybridized carbons (Fsp3) is 0.222. The van der Waals surface area contributed by atoms with Crippen LogP contribution in [0.3, 0.4) is 0 Å². The summed E-state index contributed by atoms with van der Waals surface area (Å²) >= 11 is 6.11. The van der Waals surface area contributed by atoms with Crippen LogP contribution in [0.15, 0.2) is 29.4 Å². The van der Waals surface area contributed by atoms with Crippen molar-refractivity contribution in [3.8, 4) is 28.7 Å². The largest absolute Gasteiger partial charge is 0.493 e. The number of carbonyl (C=O) groups excluding carboxylic acids is 1. The summed E-state index contributed by atoms with van der Waals surface area (Å²) in [6, 6.07) is 6.43. The zero-order valence-electron chi connectivity index (χ0n) is 14.9. The van der Waals surface area contributed by atoms with Crippen molar-refractivity contribution < 1.29 is 28.5 Å². The Labute approximate surface area is 160 Å². The van der Waals surface area contributed by atoms with Crippen molar-refractivity contribution in [3.63, 3.8) is 0 Å². The Morgan fingerprint density at radius 2 is 1.81 bits per heavy atom. The second kappa shape index (κ2) is 8.05. The number of amides is 1. The van der Waals surface area contributed by atoms with Crippen molar-refractivity contribution in [3.05, 3.63) is 40.4 Å². The summed E-state index contributed by atoms with van der Waals surface area (Å²) in [6.45, 7) is 0.119. The molecule has 0 aliphatic carbocycles. The molecule has 0 saturated heterocycles. The quantitative estimate of drug-likeness (QED) is 0.600. The zero-order chi connectivity index (χ0) is 19.4. The topological polar surface area (TPSA) is 87.6 Å². The summed E-state index contributed by atoms with van der Waals surface area (Å²) in [5.74, 6) is 1.71. The first-order valence-corrected chi connectivity index (χ1v) is 8.17. The van der Waals surface area contributed by atoms with Gasteiger partial charge in [0.1, 0.15) is 0 Å². The van der Waals surface area contributed by atoms with Gasteiger partial charge in [-0.2, -0.15) is 5.10 Å². The van der Waals surface area contributed by atoms with Gasteiger partial charge in [0, 0.05) is 5.56 Å². The highest BCUT2D eigenvalue weighted by Crippen LogP contribution is 2.39. The summed E-state index contributed by atoms with van der Waals surface area (Å²) in [5.41, 5.74) is 3.38. The van der Waals surface area contributed by atoms with E-state index in [2.05, 4.69) is 10.5 Å². The van der Waals surface area contributed by atoms with Gasteiger partial charge in [-0.1, -0.05) is 11.6 Å². The highest BCUT2D eigenvalue weighted by Gasteiger charge is 2.18. The molecule has 0 spiro atoms. The van der Waals surface area contributed by atoms with Gasteiger partial charge in [0.05, 0.1) is 32.6 Å². The molecule has 9 heteroatoms. The van der Waals surface area contributed by atoms with E-state index in [-0.39, 0.29) is 6.79 Å². The molecule has 0 aromatic heterocycles. The number of nitrogens with one attached hydrogen (secondary N) is 1. The number of benzene rings is 2. The second-order valence-electron chi connectivity index (χ2n) is 5.35. The maximum Gasteiger partial charge on any atom is 0.271 e. The lowest BCUT2D eigenvalue weighted by Gasteiger charge is -2.13. The minimum absolute atomic E-state index is 0.119. The average Bonchev–Trinajstić information content (AvgIpc) is 3.15. The number of carbonyl (C=O) groups is 1.